The number of hydrogen-bond acceptors (Lipinski definition) is 6. The van der Waals surface area contributed by atoms with Crippen LogP contribution in [0.25, 0.3) is 21.9 Å². The minimum Gasteiger partial charge on any atom is -0.480 e. The number of fused-ring (bicyclic) bond motifs is 2. The third-order valence-corrected chi connectivity index (χ3v) is 6.37. The Morgan fingerprint density at radius 2 is 1.77 bits per heavy atom. The molecule has 35 heavy (non-hydrogen) atoms. The number of carbonyl (C=O) groups excluding carboxylic acids is 2. The van der Waals surface area contributed by atoms with Gasteiger partial charge in [0.05, 0.1) is 24.8 Å². The number of amides is 2. The van der Waals surface area contributed by atoms with Gasteiger partial charge in [-0.25, -0.2) is 9.59 Å². The van der Waals surface area contributed by atoms with Crippen LogP contribution in [0.1, 0.15) is 57.7 Å². The summed E-state index contributed by atoms with van der Waals surface area (Å²) in [5, 5.41) is 15.8. The standard InChI is InChI=1S/C26H32N2O7/c1-7-13(2)23(24(31)32)28-22(30)11-27-21(29)9-16-14(3)15-8-17-18(26(4,5)6)12-34-19(17)10-20(15)35-25(16)33/h8,10,12-13,23H,7,9,11H2,1-6H3,(H,27,29)(H,28,30)(H,31,32)/t13-,23+/m0/s1. The maximum Gasteiger partial charge on any atom is 0.340 e. The molecular formula is C26H32N2O7. The number of furan rings is 1. The number of aliphatic carboxylic acids is 1. The van der Waals surface area contributed by atoms with E-state index in [0.29, 0.717) is 28.5 Å². The Kier molecular flexibility index (Phi) is 7.38. The average Bonchev–Trinajstić information content (AvgIpc) is 3.20. The number of rotatable bonds is 8. The van der Waals surface area contributed by atoms with Crippen LogP contribution in [0.4, 0.5) is 0 Å². The fraction of sp³-hybridized carbons (Fsp3) is 0.462. The van der Waals surface area contributed by atoms with Crippen molar-refractivity contribution in [1.82, 2.24) is 10.6 Å². The van der Waals surface area contributed by atoms with Crippen molar-refractivity contribution in [1.29, 1.82) is 0 Å². The van der Waals surface area contributed by atoms with E-state index in [9.17, 15) is 24.3 Å². The topological polar surface area (TPSA) is 139 Å². The molecule has 188 valence electrons. The van der Waals surface area contributed by atoms with Crippen molar-refractivity contribution in [3.8, 4) is 0 Å². The van der Waals surface area contributed by atoms with E-state index in [4.69, 9.17) is 8.83 Å². The van der Waals surface area contributed by atoms with E-state index in [1.165, 1.54) is 0 Å². The van der Waals surface area contributed by atoms with E-state index >= 15 is 0 Å². The van der Waals surface area contributed by atoms with Gasteiger partial charge in [0.25, 0.3) is 0 Å². The summed E-state index contributed by atoms with van der Waals surface area (Å²) in [6.07, 6.45) is 2.00. The smallest absolute Gasteiger partial charge is 0.340 e. The summed E-state index contributed by atoms with van der Waals surface area (Å²) in [4.78, 5) is 48.7. The van der Waals surface area contributed by atoms with Gasteiger partial charge in [0.1, 0.15) is 17.2 Å². The number of carboxylic acid groups (broad SMARTS) is 1. The lowest BCUT2D eigenvalue weighted by atomic mass is 9.86. The van der Waals surface area contributed by atoms with Crippen molar-refractivity contribution < 1.29 is 28.3 Å². The average molecular weight is 485 g/mol. The SMILES string of the molecule is CC[C@H](C)[C@@H](NC(=O)CNC(=O)Cc1c(C)c2cc3c(C(C)(C)C)coc3cc2oc1=O)C(=O)O. The van der Waals surface area contributed by atoms with Crippen molar-refractivity contribution in [2.45, 2.75) is 65.8 Å². The zero-order valence-electron chi connectivity index (χ0n) is 20.9. The number of nitrogens with one attached hydrogen (secondary N) is 2. The molecule has 0 fully saturated rings. The van der Waals surface area contributed by atoms with Crippen LogP contribution >= 0.6 is 0 Å². The first kappa shape index (κ1) is 26.0. The second-order valence-electron chi connectivity index (χ2n) is 9.96. The molecule has 0 saturated heterocycles. The largest absolute Gasteiger partial charge is 0.480 e. The number of benzene rings is 1. The van der Waals surface area contributed by atoms with Gasteiger partial charge in [-0.2, -0.15) is 0 Å². The van der Waals surface area contributed by atoms with Gasteiger partial charge < -0.3 is 24.6 Å². The lowest BCUT2D eigenvalue weighted by molar-refractivity contribution is -0.143. The van der Waals surface area contributed by atoms with E-state index < -0.39 is 36.0 Å². The second-order valence-corrected chi connectivity index (χ2v) is 9.96. The zero-order valence-corrected chi connectivity index (χ0v) is 20.9. The Bertz CT molecular complexity index is 1340. The molecule has 0 spiro atoms. The minimum absolute atomic E-state index is 0.152. The lowest BCUT2D eigenvalue weighted by Gasteiger charge is -2.20. The predicted molar refractivity (Wildman–Crippen MR) is 131 cm³/mol. The van der Waals surface area contributed by atoms with Crippen LogP contribution in [0.3, 0.4) is 0 Å². The van der Waals surface area contributed by atoms with E-state index in [0.717, 1.165) is 10.9 Å². The summed E-state index contributed by atoms with van der Waals surface area (Å²) in [7, 11) is 0. The zero-order chi connectivity index (χ0) is 26.1. The van der Waals surface area contributed by atoms with Crippen molar-refractivity contribution in [2.75, 3.05) is 6.54 Å². The van der Waals surface area contributed by atoms with Gasteiger partial charge >= 0.3 is 11.6 Å². The molecule has 2 atom stereocenters. The van der Waals surface area contributed by atoms with Crippen LogP contribution in [-0.4, -0.2) is 35.5 Å². The highest BCUT2D eigenvalue weighted by molar-refractivity contribution is 5.97. The molecule has 2 aromatic heterocycles. The molecule has 0 unspecified atom stereocenters. The monoisotopic (exact) mass is 484 g/mol. The second kappa shape index (κ2) is 9.93. The maximum absolute atomic E-state index is 12.6. The Hall–Kier alpha value is -3.62. The quantitative estimate of drug-likeness (QED) is 0.416. The van der Waals surface area contributed by atoms with Gasteiger partial charge in [-0.05, 0) is 29.9 Å². The molecule has 3 rings (SSSR count). The molecule has 0 aliphatic rings. The number of aryl methyl sites for hydroxylation is 1. The summed E-state index contributed by atoms with van der Waals surface area (Å²) in [6, 6.07) is 2.54. The number of hydrogen-bond donors (Lipinski definition) is 3. The third-order valence-electron chi connectivity index (χ3n) is 6.37. The highest BCUT2D eigenvalue weighted by Crippen LogP contribution is 2.35. The summed E-state index contributed by atoms with van der Waals surface area (Å²) in [5.41, 5.74) is 2.00. The Morgan fingerprint density at radius 3 is 2.37 bits per heavy atom. The van der Waals surface area contributed by atoms with Crippen LogP contribution in [-0.2, 0) is 26.2 Å². The number of carboxylic acids is 1. The molecule has 3 aromatic rings. The van der Waals surface area contributed by atoms with Gasteiger partial charge in [0.2, 0.25) is 11.8 Å². The summed E-state index contributed by atoms with van der Waals surface area (Å²) in [5.74, 6) is -2.57. The van der Waals surface area contributed by atoms with Crippen molar-refractivity contribution in [2.24, 2.45) is 5.92 Å². The first-order valence-corrected chi connectivity index (χ1v) is 11.6. The van der Waals surface area contributed by atoms with Gasteiger partial charge in [0.15, 0.2) is 0 Å². The van der Waals surface area contributed by atoms with E-state index in [1.54, 1.807) is 26.2 Å². The maximum atomic E-state index is 12.6. The summed E-state index contributed by atoms with van der Waals surface area (Å²) in [6.45, 7) is 11.1. The van der Waals surface area contributed by atoms with Crippen molar-refractivity contribution in [3.63, 3.8) is 0 Å². The molecule has 0 aliphatic heterocycles. The van der Waals surface area contributed by atoms with Crippen LogP contribution in [0.15, 0.2) is 32.0 Å². The predicted octanol–water partition coefficient (Wildman–Crippen LogP) is 3.42. The minimum atomic E-state index is -1.13. The van der Waals surface area contributed by atoms with Crippen molar-refractivity contribution in [3.05, 3.63) is 45.5 Å². The van der Waals surface area contributed by atoms with Crippen LogP contribution in [0, 0.1) is 12.8 Å². The van der Waals surface area contributed by atoms with Gasteiger partial charge in [-0.15, -0.1) is 0 Å². The first-order valence-electron chi connectivity index (χ1n) is 11.6. The highest BCUT2D eigenvalue weighted by atomic mass is 16.4. The van der Waals surface area contributed by atoms with Crippen molar-refractivity contribution >= 4 is 39.7 Å². The van der Waals surface area contributed by atoms with Crippen LogP contribution < -0.4 is 16.3 Å². The van der Waals surface area contributed by atoms with Gasteiger partial charge in [-0.1, -0.05) is 41.0 Å². The lowest BCUT2D eigenvalue weighted by Crippen LogP contribution is -2.48. The molecule has 1 aromatic carbocycles. The highest BCUT2D eigenvalue weighted by Gasteiger charge is 2.26. The Morgan fingerprint density at radius 1 is 1.09 bits per heavy atom. The molecule has 3 N–H and O–H groups in total. The first-order chi connectivity index (χ1) is 16.3. The summed E-state index contributed by atoms with van der Waals surface area (Å²) < 4.78 is 11.2. The summed E-state index contributed by atoms with van der Waals surface area (Å²) >= 11 is 0. The number of carbonyl (C=O) groups is 3. The van der Waals surface area contributed by atoms with E-state index in [2.05, 4.69) is 31.4 Å². The molecule has 0 saturated carbocycles. The normalized spacial score (nSPS) is 13.5. The molecule has 0 bridgehead atoms. The molecule has 9 heteroatoms. The molecular weight excluding hydrogens is 452 g/mol. The van der Waals surface area contributed by atoms with Crippen LogP contribution in [0.5, 0.6) is 0 Å². The van der Waals surface area contributed by atoms with Gasteiger partial charge in [0, 0.05) is 22.4 Å². The van der Waals surface area contributed by atoms with E-state index in [1.807, 2.05) is 13.0 Å². The molecule has 0 aliphatic carbocycles. The fourth-order valence-corrected chi connectivity index (χ4v) is 4.00. The van der Waals surface area contributed by atoms with E-state index in [-0.39, 0.29) is 23.3 Å². The molecule has 2 heterocycles. The molecule has 9 nitrogen and oxygen atoms in total. The molecule has 0 radical (unpaired) electrons. The third kappa shape index (κ3) is 5.55. The fourth-order valence-electron chi connectivity index (χ4n) is 4.00. The Balaban J connectivity index is 1.80. The molecule has 2 amide bonds. The van der Waals surface area contributed by atoms with Crippen LogP contribution in [0.2, 0.25) is 0 Å². The Labute approximate surface area is 202 Å². The van der Waals surface area contributed by atoms with Gasteiger partial charge in [-0.3, -0.25) is 9.59 Å².